The Morgan fingerprint density at radius 1 is 1.38 bits per heavy atom. The maximum absolute atomic E-state index is 12.7. The van der Waals surface area contributed by atoms with Crippen LogP contribution in [0, 0.1) is 0 Å². The Hall–Kier alpha value is -0.540. The highest BCUT2D eigenvalue weighted by Gasteiger charge is 2.35. The molecule has 0 saturated carbocycles. The highest BCUT2D eigenvalue weighted by atomic mass is 35.5. The van der Waals surface area contributed by atoms with Gasteiger partial charge in [-0.25, -0.2) is 8.42 Å². The highest BCUT2D eigenvalue weighted by Crippen LogP contribution is 2.36. The van der Waals surface area contributed by atoms with E-state index in [1.165, 1.54) is 7.05 Å². The van der Waals surface area contributed by atoms with Crippen LogP contribution in [0.15, 0.2) is 23.1 Å². The standard InChI is InChI=1S/C11H14ClF3N2O2S.ClH/c1-7(6-16)17(2)20(18,19)8-3-4-10(12)9(5-8)11(13,14)15;/h3-5,7H,6,16H2,1-2H3;1H. The van der Waals surface area contributed by atoms with Gasteiger partial charge in [-0.15, -0.1) is 12.4 Å². The number of benzene rings is 1. The molecule has 1 atom stereocenters. The van der Waals surface area contributed by atoms with E-state index >= 15 is 0 Å². The molecule has 0 aliphatic carbocycles. The van der Waals surface area contributed by atoms with Gasteiger partial charge >= 0.3 is 6.18 Å². The molecule has 1 unspecified atom stereocenters. The quantitative estimate of drug-likeness (QED) is 0.890. The molecule has 0 bridgehead atoms. The summed E-state index contributed by atoms with van der Waals surface area (Å²) in [6.07, 6.45) is -4.72. The van der Waals surface area contributed by atoms with Crippen molar-refractivity contribution < 1.29 is 21.6 Å². The molecule has 0 aromatic heterocycles. The summed E-state index contributed by atoms with van der Waals surface area (Å²) < 4.78 is 63.5. The summed E-state index contributed by atoms with van der Waals surface area (Å²) in [6.45, 7) is 1.60. The van der Waals surface area contributed by atoms with Crippen molar-refractivity contribution in [3.63, 3.8) is 0 Å². The maximum Gasteiger partial charge on any atom is 0.417 e. The molecule has 10 heteroatoms. The Bertz CT molecular complexity index is 594. The summed E-state index contributed by atoms with van der Waals surface area (Å²) >= 11 is 5.45. The number of hydrogen-bond donors (Lipinski definition) is 1. The molecule has 2 N–H and O–H groups in total. The predicted octanol–water partition coefficient (Wildman–Crippen LogP) is 2.75. The first-order valence-electron chi connectivity index (χ1n) is 5.56. The summed E-state index contributed by atoms with van der Waals surface area (Å²) in [5.41, 5.74) is 4.18. The van der Waals surface area contributed by atoms with E-state index in [0.717, 1.165) is 16.4 Å². The lowest BCUT2D eigenvalue weighted by molar-refractivity contribution is -0.137. The first kappa shape index (κ1) is 20.5. The van der Waals surface area contributed by atoms with E-state index in [2.05, 4.69) is 0 Å². The van der Waals surface area contributed by atoms with Crippen LogP contribution < -0.4 is 5.73 Å². The third kappa shape index (κ3) is 4.46. The molecule has 0 aliphatic rings. The molecule has 1 aromatic rings. The van der Waals surface area contributed by atoms with Crippen LogP contribution in [0.4, 0.5) is 13.2 Å². The Kier molecular flexibility index (Phi) is 6.96. The fourth-order valence-electron chi connectivity index (χ4n) is 1.43. The molecule has 1 rings (SSSR count). The Morgan fingerprint density at radius 2 is 1.90 bits per heavy atom. The van der Waals surface area contributed by atoms with Gasteiger partial charge in [-0.3, -0.25) is 0 Å². The van der Waals surface area contributed by atoms with E-state index in [0.29, 0.717) is 6.07 Å². The molecule has 0 spiro atoms. The van der Waals surface area contributed by atoms with Crippen molar-refractivity contribution >= 4 is 34.0 Å². The van der Waals surface area contributed by atoms with Gasteiger partial charge in [-0.05, 0) is 25.1 Å². The molecule has 1 aromatic carbocycles. The van der Waals surface area contributed by atoms with Crippen LogP contribution >= 0.6 is 24.0 Å². The molecule has 122 valence electrons. The summed E-state index contributed by atoms with van der Waals surface area (Å²) in [6, 6.07) is 1.94. The third-order valence-electron chi connectivity index (χ3n) is 2.88. The lowest BCUT2D eigenvalue weighted by Crippen LogP contribution is -2.39. The highest BCUT2D eigenvalue weighted by molar-refractivity contribution is 7.89. The lowest BCUT2D eigenvalue weighted by atomic mass is 10.2. The smallest absolute Gasteiger partial charge is 0.329 e. The Labute approximate surface area is 132 Å². The van der Waals surface area contributed by atoms with Crippen molar-refractivity contribution in [2.75, 3.05) is 13.6 Å². The van der Waals surface area contributed by atoms with Crippen LogP contribution in [-0.2, 0) is 16.2 Å². The van der Waals surface area contributed by atoms with E-state index in [-0.39, 0.29) is 19.0 Å². The number of rotatable bonds is 4. The minimum absolute atomic E-state index is 0. The molecule has 4 nitrogen and oxygen atoms in total. The molecule has 0 fully saturated rings. The zero-order valence-corrected chi connectivity index (χ0v) is 13.6. The van der Waals surface area contributed by atoms with E-state index < -0.39 is 37.7 Å². The minimum atomic E-state index is -4.72. The second-order valence-corrected chi connectivity index (χ2v) is 6.65. The molecule has 0 heterocycles. The number of nitrogens with two attached hydrogens (primary N) is 1. The Balaban J connectivity index is 0.00000400. The molecule has 21 heavy (non-hydrogen) atoms. The normalized spacial score (nSPS) is 13.9. The second kappa shape index (κ2) is 7.15. The van der Waals surface area contributed by atoms with E-state index in [9.17, 15) is 21.6 Å². The Morgan fingerprint density at radius 3 is 2.33 bits per heavy atom. The first-order valence-corrected chi connectivity index (χ1v) is 7.38. The number of likely N-dealkylation sites (N-methyl/N-ethyl adjacent to an activating group) is 1. The summed E-state index contributed by atoms with van der Waals surface area (Å²) in [5.74, 6) is 0. The zero-order valence-electron chi connectivity index (χ0n) is 11.2. The topological polar surface area (TPSA) is 63.4 Å². The lowest BCUT2D eigenvalue weighted by Gasteiger charge is -2.23. The van der Waals surface area contributed by atoms with Crippen molar-refractivity contribution in [1.82, 2.24) is 4.31 Å². The van der Waals surface area contributed by atoms with Gasteiger partial charge in [0.15, 0.2) is 0 Å². The molecular weight excluding hydrogens is 352 g/mol. The molecule has 0 radical (unpaired) electrons. The van der Waals surface area contributed by atoms with Crippen LogP contribution in [0.5, 0.6) is 0 Å². The number of alkyl halides is 3. The number of halogens is 5. The zero-order chi connectivity index (χ0) is 15.7. The van der Waals surface area contributed by atoms with Gasteiger partial charge in [0.05, 0.1) is 15.5 Å². The SMILES string of the molecule is CC(CN)N(C)S(=O)(=O)c1ccc(Cl)c(C(F)(F)F)c1.Cl. The number of hydrogen-bond acceptors (Lipinski definition) is 3. The van der Waals surface area contributed by atoms with Crippen molar-refractivity contribution in [1.29, 1.82) is 0 Å². The van der Waals surface area contributed by atoms with Crippen molar-refractivity contribution in [2.24, 2.45) is 5.73 Å². The van der Waals surface area contributed by atoms with Crippen molar-refractivity contribution in [3.8, 4) is 0 Å². The molecule has 0 amide bonds. The minimum Gasteiger partial charge on any atom is -0.329 e. The van der Waals surface area contributed by atoms with Gasteiger partial charge in [-0.2, -0.15) is 17.5 Å². The molecule has 0 aliphatic heterocycles. The summed E-state index contributed by atoms with van der Waals surface area (Å²) in [5, 5.41) is -0.550. The average molecular weight is 367 g/mol. The monoisotopic (exact) mass is 366 g/mol. The van der Waals surface area contributed by atoms with E-state index in [1.54, 1.807) is 6.92 Å². The van der Waals surface area contributed by atoms with Crippen LogP contribution in [0.2, 0.25) is 5.02 Å². The van der Waals surface area contributed by atoms with Crippen molar-refractivity contribution in [3.05, 3.63) is 28.8 Å². The van der Waals surface area contributed by atoms with E-state index in [4.69, 9.17) is 17.3 Å². The number of nitrogens with zero attached hydrogens (tertiary/aromatic N) is 1. The summed E-state index contributed by atoms with van der Waals surface area (Å²) in [7, 11) is -2.80. The third-order valence-corrected chi connectivity index (χ3v) is 5.18. The van der Waals surface area contributed by atoms with Gasteiger partial charge in [0.1, 0.15) is 0 Å². The maximum atomic E-state index is 12.7. The fraction of sp³-hybridized carbons (Fsp3) is 0.455. The van der Waals surface area contributed by atoms with Gasteiger partial charge in [-0.1, -0.05) is 11.6 Å². The number of sulfonamides is 1. The van der Waals surface area contributed by atoms with Gasteiger partial charge in [0.2, 0.25) is 10.0 Å². The second-order valence-electron chi connectivity index (χ2n) is 4.25. The van der Waals surface area contributed by atoms with Crippen LogP contribution in [0.3, 0.4) is 0 Å². The molecule has 0 saturated heterocycles. The summed E-state index contributed by atoms with van der Waals surface area (Å²) in [4.78, 5) is -0.475. The van der Waals surface area contributed by atoms with Crippen LogP contribution in [0.25, 0.3) is 0 Å². The fourth-order valence-corrected chi connectivity index (χ4v) is 3.06. The average Bonchev–Trinajstić information content (AvgIpc) is 2.35. The predicted molar refractivity (Wildman–Crippen MR) is 77.2 cm³/mol. The van der Waals surface area contributed by atoms with Gasteiger partial charge in [0.25, 0.3) is 0 Å². The largest absolute Gasteiger partial charge is 0.417 e. The van der Waals surface area contributed by atoms with E-state index in [1.807, 2.05) is 0 Å². The van der Waals surface area contributed by atoms with Crippen molar-refractivity contribution in [2.45, 2.75) is 24.0 Å². The van der Waals surface area contributed by atoms with Gasteiger partial charge < -0.3 is 5.73 Å². The van der Waals surface area contributed by atoms with Crippen LogP contribution in [0.1, 0.15) is 12.5 Å². The first-order chi connectivity index (χ1) is 9.01. The van der Waals surface area contributed by atoms with Gasteiger partial charge in [0, 0.05) is 19.6 Å². The van der Waals surface area contributed by atoms with Crippen LogP contribution in [-0.4, -0.2) is 32.4 Å². The molecular formula is C11H15Cl2F3N2O2S.